The van der Waals surface area contributed by atoms with E-state index in [1.165, 1.54) is 31.4 Å². The quantitative estimate of drug-likeness (QED) is 0.499. The van der Waals surface area contributed by atoms with E-state index in [-0.39, 0.29) is 0 Å². The molecule has 0 aromatic carbocycles. The monoisotopic (exact) mass is 177 g/mol. The van der Waals surface area contributed by atoms with Crippen LogP contribution < -0.4 is 5.73 Å². The maximum Gasteiger partial charge on any atom is 0.00628 e. The summed E-state index contributed by atoms with van der Waals surface area (Å²) in [6.45, 7) is 0. The number of hydrogen-bond acceptors (Lipinski definition) is 3. The summed E-state index contributed by atoms with van der Waals surface area (Å²) in [7, 11) is 1.66. The molecule has 3 heteroatoms. The molecule has 10 heavy (non-hydrogen) atoms. The van der Waals surface area contributed by atoms with Gasteiger partial charge in [0, 0.05) is 11.8 Å². The Labute approximate surface area is 71.9 Å². The molecule has 0 amide bonds. The zero-order valence-electron chi connectivity index (χ0n) is 6.12. The van der Waals surface area contributed by atoms with Crippen LogP contribution >= 0.6 is 22.5 Å². The fourth-order valence-electron chi connectivity index (χ4n) is 1.46. The lowest BCUT2D eigenvalue weighted by Crippen LogP contribution is -2.27. The summed E-state index contributed by atoms with van der Waals surface area (Å²) in [6.07, 6.45) is 5.07. The lowest BCUT2D eigenvalue weighted by molar-refractivity contribution is 0.353. The molecule has 1 nitrogen and oxygen atoms in total. The predicted octanol–water partition coefficient (Wildman–Crippen LogP) is 2.08. The van der Waals surface area contributed by atoms with Crippen LogP contribution in [0.4, 0.5) is 0 Å². The second-order valence-corrected chi connectivity index (χ2v) is 4.44. The average Bonchev–Trinajstić information content (AvgIpc) is 1.95. The average molecular weight is 177 g/mol. The van der Waals surface area contributed by atoms with Gasteiger partial charge in [0.05, 0.1) is 0 Å². The van der Waals surface area contributed by atoms with Crippen molar-refractivity contribution in [1.82, 2.24) is 0 Å². The molecule has 1 saturated carbocycles. The van der Waals surface area contributed by atoms with Crippen molar-refractivity contribution in [2.75, 3.05) is 5.75 Å². The summed E-state index contributed by atoms with van der Waals surface area (Å²) in [5.41, 5.74) is 5.77. The van der Waals surface area contributed by atoms with E-state index in [0.29, 0.717) is 6.04 Å². The maximum atomic E-state index is 5.77. The van der Waals surface area contributed by atoms with E-state index in [1.54, 1.807) is 10.8 Å². The van der Waals surface area contributed by atoms with Crippen LogP contribution in [-0.4, -0.2) is 11.8 Å². The molecule has 0 unspecified atom stereocenters. The van der Waals surface area contributed by atoms with Crippen LogP contribution in [-0.2, 0) is 0 Å². The van der Waals surface area contributed by atoms with Gasteiger partial charge in [-0.3, -0.25) is 0 Å². The molecule has 2 N–H and O–H groups in total. The second kappa shape index (κ2) is 4.52. The number of hydrogen-bond donors (Lipinski definition) is 2. The summed E-state index contributed by atoms with van der Waals surface area (Å²) < 4.78 is 0. The molecule has 0 saturated heterocycles. The number of rotatable bonds is 2. The Bertz CT molecular complexity index is 89.6. The van der Waals surface area contributed by atoms with Gasteiger partial charge in [0.2, 0.25) is 0 Å². The minimum Gasteiger partial charge on any atom is -0.328 e. The Morgan fingerprint density at radius 2 is 1.90 bits per heavy atom. The minimum absolute atomic E-state index is 0.487. The van der Waals surface area contributed by atoms with E-state index < -0.39 is 0 Å². The van der Waals surface area contributed by atoms with Gasteiger partial charge >= 0.3 is 0 Å². The molecule has 1 aliphatic rings. The molecule has 0 heterocycles. The van der Waals surface area contributed by atoms with Crippen molar-refractivity contribution in [2.24, 2.45) is 11.7 Å². The first kappa shape index (κ1) is 8.75. The van der Waals surface area contributed by atoms with Gasteiger partial charge in [-0.25, -0.2) is 0 Å². The Balaban J connectivity index is 2.13. The van der Waals surface area contributed by atoms with Crippen LogP contribution in [0.1, 0.15) is 25.7 Å². The predicted molar refractivity (Wildman–Crippen MR) is 51.4 cm³/mol. The summed E-state index contributed by atoms with van der Waals surface area (Å²) in [4.78, 5) is 0. The van der Waals surface area contributed by atoms with E-state index >= 15 is 0 Å². The van der Waals surface area contributed by atoms with Gasteiger partial charge < -0.3 is 5.73 Å². The third-order valence-corrected chi connectivity index (χ3v) is 3.27. The zero-order chi connectivity index (χ0) is 7.40. The topological polar surface area (TPSA) is 26.0 Å². The normalized spacial score (nSPS) is 34.2. The molecular formula is C7H15NS2. The summed E-state index contributed by atoms with van der Waals surface area (Å²) in [5.74, 6) is 2.10. The highest BCUT2D eigenvalue weighted by molar-refractivity contribution is 8.68. The molecule has 0 spiro atoms. The Morgan fingerprint density at radius 1 is 1.30 bits per heavy atom. The molecule has 1 aliphatic carbocycles. The van der Waals surface area contributed by atoms with E-state index in [2.05, 4.69) is 11.7 Å². The Morgan fingerprint density at radius 3 is 2.40 bits per heavy atom. The van der Waals surface area contributed by atoms with Gasteiger partial charge in [0.15, 0.2) is 0 Å². The standard InChI is InChI=1S/C7H15NS2/c8-7-3-1-6(2-4-7)5-10-9/h6-7,9H,1-5,8H2. The third-order valence-electron chi connectivity index (χ3n) is 2.20. The van der Waals surface area contributed by atoms with Gasteiger partial charge in [-0.2, -0.15) is 0 Å². The fraction of sp³-hybridized carbons (Fsp3) is 1.00. The molecule has 0 radical (unpaired) electrons. The first-order chi connectivity index (χ1) is 4.83. The highest BCUT2D eigenvalue weighted by Gasteiger charge is 2.17. The van der Waals surface area contributed by atoms with E-state index in [9.17, 15) is 0 Å². The molecular weight excluding hydrogens is 162 g/mol. The molecule has 1 rings (SSSR count). The SMILES string of the molecule is NC1CCC(CSS)CC1. The van der Waals surface area contributed by atoms with Crippen LogP contribution in [0, 0.1) is 5.92 Å². The van der Waals surface area contributed by atoms with Crippen LogP contribution in [0.15, 0.2) is 0 Å². The zero-order valence-corrected chi connectivity index (χ0v) is 7.83. The molecule has 0 aromatic rings. The molecule has 0 bridgehead atoms. The van der Waals surface area contributed by atoms with Crippen molar-refractivity contribution < 1.29 is 0 Å². The summed E-state index contributed by atoms with van der Waals surface area (Å²) >= 11 is 4.14. The van der Waals surface area contributed by atoms with E-state index in [0.717, 1.165) is 5.92 Å². The number of thiol groups is 1. The van der Waals surface area contributed by atoms with Gasteiger partial charge in [0.1, 0.15) is 0 Å². The smallest absolute Gasteiger partial charge is 0.00628 e. The van der Waals surface area contributed by atoms with Crippen molar-refractivity contribution in [3.8, 4) is 0 Å². The van der Waals surface area contributed by atoms with Crippen LogP contribution in [0.25, 0.3) is 0 Å². The van der Waals surface area contributed by atoms with Gasteiger partial charge in [-0.1, -0.05) is 10.8 Å². The van der Waals surface area contributed by atoms with E-state index in [4.69, 9.17) is 5.73 Å². The lowest BCUT2D eigenvalue weighted by Gasteiger charge is -2.24. The van der Waals surface area contributed by atoms with Crippen LogP contribution in [0.5, 0.6) is 0 Å². The summed E-state index contributed by atoms with van der Waals surface area (Å²) in [6, 6.07) is 0.487. The minimum atomic E-state index is 0.487. The highest BCUT2D eigenvalue weighted by Crippen LogP contribution is 2.26. The Hall–Kier alpha value is 0.660. The fourth-order valence-corrected chi connectivity index (χ4v) is 2.64. The Kier molecular flexibility index (Phi) is 3.96. The van der Waals surface area contributed by atoms with Crippen LogP contribution in [0.2, 0.25) is 0 Å². The molecule has 60 valence electrons. The molecule has 0 aromatic heterocycles. The van der Waals surface area contributed by atoms with Crippen LogP contribution in [0.3, 0.4) is 0 Å². The lowest BCUT2D eigenvalue weighted by atomic mass is 9.88. The van der Waals surface area contributed by atoms with Crippen molar-refractivity contribution in [3.05, 3.63) is 0 Å². The van der Waals surface area contributed by atoms with Gasteiger partial charge in [0.25, 0.3) is 0 Å². The third kappa shape index (κ3) is 2.72. The highest BCUT2D eigenvalue weighted by atomic mass is 33.1. The number of nitrogens with two attached hydrogens (primary N) is 1. The van der Waals surface area contributed by atoms with Crippen molar-refractivity contribution in [1.29, 1.82) is 0 Å². The first-order valence-electron chi connectivity index (χ1n) is 3.85. The molecule has 1 fully saturated rings. The van der Waals surface area contributed by atoms with Crippen molar-refractivity contribution in [3.63, 3.8) is 0 Å². The maximum absolute atomic E-state index is 5.77. The first-order valence-corrected chi connectivity index (χ1v) is 5.88. The van der Waals surface area contributed by atoms with Gasteiger partial charge in [-0.15, -0.1) is 11.7 Å². The largest absolute Gasteiger partial charge is 0.328 e. The van der Waals surface area contributed by atoms with E-state index in [1.807, 2.05) is 0 Å². The van der Waals surface area contributed by atoms with Crippen molar-refractivity contribution >= 4 is 22.5 Å². The second-order valence-electron chi connectivity index (χ2n) is 3.08. The summed E-state index contributed by atoms with van der Waals surface area (Å²) in [5, 5.41) is 0. The van der Waals surface area contributed by atoms with Gasteiger partial charge in [-0.05, 0) is 31.6 Å². The molecule has 0 atom stereocenters. The molecule has 0 aliphatic heterocycles. The van der Waals surface area contributed by atoms with Crippen molar-refractivity contribution in [2.45, 2.75) is 31.7 Å².